The summed E-state index contributed by atoms with van der Waals surface area (Å²) in [6, 6.07) is 5.17. The lowest BCUT2D eigenvalue weighted by molar-refractivity contribution is -0.139. The standard InChI is InChI=1S/C19H20N4O4S/c24-16(20-12-6-7-14-15(9-12)27-10-26-14)18-22-21-17(28-18)13-5-2-8-23(13)19(25)11-3-1-4-11/h6-7,9,11,13H,1-5,8,10H2,(H,20,24). The molecule has 1 saturated heterocycles. The minimum atomic E-state index is -0.322. The van der Waals surface area contributed by atoms with Gasteiger partial charge in [0.15, 0.2) is 11.5 Å². The minimum Gasteiger partial charge on any atom is -0.454 e. The average Bonchev–Trinajstić information content (AvgIpc) is 3.38. The van der Waals surface area contributed by atoms with Gasteiger partial charge in [0.1, 0.15) is 5.01 Å². The van der Waals surface area contributed by atoms with E-state index in [1.165, 1.54) is 11.3 Å². The van der Waals surface area contributed by atoms with Crippen molar-refractivity contribution in [3.63, 3.8) is 0 Å². The summed E-state index contributed by atoms with van der Waals surface area (Å²) in [5.41, 5.74) is 0.605. The minimum absolute atomic E-state index is 0.0577. The van der Waals surface area contributed by atoms with Crippen molar-refractivity contribution in [3.8, 4) is 11.5 Å². The highest BCUT2D eigenvalue weighted by atomic mass is 32.1. The van der Waals surface area contributed by atoms with E-state index in [4.69, 9.17) is 9.47 Å². The van der Waals surface area contributed by atoms with Gasteiger partial charge >= 0.3 is 0 Å². The lowest BCUT2D eigenvalue weighted by atomic mass is 9.84. The number of hydrogen-bond acceptors (Lipinski definition) is 7. The van der Waals surface area contributed by atoms with Gasteiger partial charge in [-0.3, -0.25) is 9.59 Å². The molecule has 5 rings (SSSR count). The maximum Gasteiger partial charge on any atom is 0.286 e. The highest BCUT2D eigenvalue weighted by Gasteiger charge is 2.38. The fourth-order valence-corrected chi connectivity index (χ4v) is 4.68. The summed E-state index contributed by atoms with van der Waals surface area (Å²) < 4.78 is 10.6. The van der Waals surface area contributed by atoms with Crippen LogP contribution in [0.15, 0.2) is 18.2 Å². The summed E-state index contributed by atoms with van der Waals surface area (Å²) in [5.74, 6) is 1.34. The number of benzene rings is 1. The molecule has 28 heavy (non-hydrogen) atoms. The van der Waals surface area contributed by atoms with E-state index in [-0.39, 0.29) is 35.6 Å². The van der Waals surface area contributed by atoms with Crippen LogP contribution in [0.3, 0.4) is 0 Å². The van der Waals surface area contributed by atoms with E-state index >= 15 is 0 Å². The first kappa shape index (κ1) is 17.4. The van der Waals surface area contributed by atoms with Gasteiger partial charge in [-0.25, -0.2) is 0 Å². The molecule has 1 unspecified atom stereocenters. The van der Waals surface area contributed by atoms with Gasteiger partial charge in [-0.2, -0.15) is 0 Å². The third kappa shape index (κ3) is 3.09. The molecule has 2 fully saturated rings. The number of nitrogens with zero attached hydrogens (tertiary/aromatic N) is 3. The molecule has 1 atom stereocenters. The largest absolute Gasteiger partial charge is 0.454 e. The number of fused-ring (bicyclic) bond motifs is 1. The SMILES string of the molecule is O=C(Nc1ccc2c(c1)OCO2)c1nnc(C2CCCN2C(=O)C2CCC2)s1. The lowest BCUT2D eigenvalue weighted by Crippen LogP contribution is -2.38. The van der Waals surface area contributed by atoms with Crippen LogP contribution in [0.25, 0.3) is 0 Å². The third-order valence-electron chi connectivity index (χ3n) is 5.54. The molecule has 0 spiro atoms. The van der Waals surface area contributed by atoms with Crippen LogP contribution >= 0.6 is 11.3 Å². The van der Waals surface area contributed by atoms with E-state index in [1.54, 1.807) is 18.2 Å². The molecule has 8 nitrogen and oxygen atoms in total. The fraction of sp³-hybridized carbons (Fsp3) is 0.474. The van der Waals surface area contributed by atoms with Crippen LogP contribution in [0.1, 0.15) is 53.0 Å². The van der Waals surface area contributed by atoms with Crippen LogP contribution in [0.5, 0.6) is 11.5 Å². The number of carbonyl (C=O) groups excluding carboxylic acids is 2. The molecule has 1 aromatic carbocycles. The first-order valence-electron chi connectivity index (χ1n) is 9.54. The van der Waals surface area contributed by atoms with Crippen molar-refractivity contribution in [1.82, 2.24) is 15.1 Å². The van der Waals surface area contributed by atoms with E-state index in [2.05, 4.69) is 15.5 Å². The Balaban J connectivity index is 1.28. The van der Waals surface area contributed by atoms with Gasteiger partial charge in [0.05, 0.1) is 6.04 Å². The zero-order chi connectivity index (χ0) is 19.1. The van der Waals surface area contributed by atoms with Crippen molar-refractivity contribution in [1.29, 1.82) is 0 Å². The monoisotopic (exact) mass is 400 g/mol. The molecule has 2 aliphatic heterocycles. The topological polar surface area (TPSA) is 93.7 Å². The van der Waals surface area contributed by atoms with Crippen molar-refractivity contribution < 1.29 is 19.1 Å². The number of hydrogen-bond donors (Lipinski definition) is 1. The number of nitrogens with one attached hydrogen (secondary N) is 1. The Bertz CT molecular complexity index is 926. The molecular weight excluding hydrogens is 380 g/mol. The molecule has 0 bridgehead atoms. The summed E-state index contributed by atoms with van der Waals surface area (Å²) in [5, 5.41) is 12.1. The summed E-state index contributed by atoms with van der Waals surface area (Å²) in [4.78, 5) is 27.2. The van der Waals surface area contributed by atoms with Gasteiger partial charge in [-0.1, -0.05) is 17.8 Å². The number of rotatable bonds is 4. The number of ether oxygens (including phenoxy) is 2. The smallest absolute Gasteiger partial charge is 0.286 e. The molecule has 1 saturated carbocycles. The zero-order valence-corrected chi connectivity index (χ0v) is 16.0. The molecule has 146 valence electrons. The molecule has 9 heteroatoms. The highest BCUT2D eigenvalue weighted by Crippen LogP contribution is 2.38. The second-order valence-electron chi connectivity index (χ2n) is 7.29. The van der Waals surface area contributed by atoms with Crippen molar-refractivity contribution in [3.05, 3.63) is 28.2 Å². The molecule has 3 aliphatic rings. The Morgan fingerprint density at radius 3 is 2.79 bits per heavy atom. The van der Waals surface area contributed by atoms with Crippen molar-refractivity contribution >= 4 is 28.8 Å². The second-order valence-corrected chi connectivity index (χ2v) is 8.29. The number of aromatic nitrogens is 2. The van der Waals surface area contributed by atoms with Crippen LogP contribution in [0, 0.1) is 5.92 Å². The van der Waals surface area contributed by atoms with Gasteiger partial charge in [-0.05, 0) is 37.8 Å². The molecule has 1 N–H and O–H groups in total. The molecule has 1 aromatic heterocycles. The number of likely N-dealkylation sites (tertiary alicyclic amines) is 1. The van der Waals surface area contributed by atoms with E-state index < -0.39 is 0 Å². The highest BCUT2D eigenvalue weighted by molar-refractivity contribution is 7.13. The van der Waals surface area contributed by atoms with Gasteiger partial charge in [0.2, 0.25) is 17.7 Å². The van der Waals surface area contributed by atoms with Crippen LogP contribution in [0.4, 0.5) is 5.69 Å². The maximum atomic E-state index is 12.7. The van der Waals surface area contributed by atoms with E-state index in [9.17, 15) is 9.59 Å². The Labute approximate surface area is 165 Å². The lowest BCUT2D eigenvalue weighted by Gasteiger charge is -2.31. The van der Waals surface area contributed by atoms with E-state index in [0.29, 0.717) is 17.2 Å². The maximum absolute atomic E-state index is 12.7. The van der Waals surface area contributed by atoms with E-state index in [1.807, 2.05) is 4.90 Å². The Hall–Kier alpha value is -2.68. The molecule has 1 aliphatic carbocycles. The number of anilines is 1. The van der Waals surface area contributed by atoms with Crippen LogP contribution in [0.2, 0.25) is 0 Å². The van der Waals surface area contributed by atoms with Crippen molar-refractivity contribution in [2.45, 2.75) is 38.1 Å². The van der Waals surface area contributed by atoms with Gasteiger partial charge < -0.3 is 19.7 Å². The first-order valence-corrected chi connectivity index (χ1v) is 10.4. The Morgan fingerprint density at radius 2 is 1.96 bits per heavy atom. The zero-order valence-electron chi connectivity index (χ0n) is 15.2. The predicted octanol–water partition coefficient (Wildman–Crippen LogP) is 2.98. The summed E-state index contributed by atoms with van der Waals surface area (Å²) in [7, 11) is 0. The van der Waals surface area contributed by atoms with Crippen molar-refractivity contribution in [2.24, 2.45) is 5.92 Å². The molecule has 2 aromatic rings. The third-order valence-corrected chi connectivity index (χ3v) is 6.56. The van der Waals surface area contributed by atoms with E-state index in [0.717, 1.165) is 43.7 Å². The summed E-state index contributed by atoms with van der Waals surface area (Å²) >= 11 is 1.26. The summed E-state index contributed by atoms with van der Waals surface area (Å²) in [6.45, 7) is 0.947. The van der Waals surface area contributed by atoms with Gasteiger partial charge in [0.25, 0.3) is 5.91 Å². The quantitative estimate of drug-likeness (QED) is 0.848. The van der Waals surface area contributed by atoms with Gasteiger partial charge in [-0.15, -0.1) is 10.2 Å². The Kier molecular flexibility index (Phi) is 4.38. The molecule has 0 radical (unpaired) electrons. The molecule has 3 heterocycles. The number of amides is 2. The summed E-state index contributed by atoms with van der Waals surface area (Å²) in [6.07, 6.45) is 4.94. The predicted molar refractivity (Wildman–Crippen MR) is 101 cm³/mol. The second kappa shape index (κ2) is 7.05. The van der Waals surface area contributed by atoms with Crippen LogP contribution in [-0.4, -0.2) is 40.2 Å². The van der Waals surface area contributed by atoms with Crippen molar-refractivity contribution in [2.75, 3.05) is 18.7 Å². The molecule has 2 amide bonds. The molecular formula is C19H20N4O4S. The fourth-order valence-electron chi connectivity index (χ4n) is 3.80. The van der Waals surface area contributed by atoms with Crippen LogP contribution < -0.4 is 14.8 Å². The average molecular weight is 400 g/mol. The van der Waals surface area contributed by atoms with Gasteiger partial charge in [0, 0.05) is 24.2 Å². The van der Waals surface area contributed by atoms with Crippen LogP contribution in [-0.2, 0) is 4.79 Å². The first-order chi connectivity index (χ1) is 13.7. The normalized spacial score (nSPS) is 20.9. The number of carbonyl (C=O) groups is 2. The Morgan fingerprint density at radius 1 is 1.11 bits per heavy atom.